The number of hydrogen-bond acceptors (Lipinski definition) is 6. The summed E-state index contributed by atoms with van der Waals surface area (Å²) < 4.78 is 16.1. The van der Waals surface area contributed by atoms with Crippen molar-refractivity contribution in [3.8, 4) is 17.1 Å². The summed E-state index contributed by atoms with van der Waals surface area (Å²) in [5.74, 6) is 0.235. The maximum Gasteiger partial charge on any atom is 0.328 e. The van der Waals surface area contributed by atoms with Crippen molar-refractivity contribution < 1.29 is 23.5 Å². The fourth-order valence-electron chi connectivity index (χ4n) is 3.51. The molecule has 1 atom stereocenters. The topological polar surface area (TPSA) is 90.7 Å². The van der Waals surface area contributed by atoms with Gasteiger partial charge in [-0.2, -0.15) is 0 Å². The Morgan fingerprint density at radius 1 is 0.941 bits per heavy atom. The highest BCUT2D eigenvalue weighted by Gasteiger charge is 2.24. The van der Waals surface area contributed by atoms with E-state index in [1.807, 2.05) is 54.6 Å². The van der Waals surface area contributed by atoms with E-state index in [1.165, 1.54) is 19.7 Å². The van der Waals surface area contributed by atoms with Crippen LogP contribution in [-0.2, 0) is 22.6 Å². The van der Waals surface area contributed by atoms with Crippen molar-refractivity contribution in [2.24, 2.45) is 0 Å². The SMILES string of the molecule is COC(=O)[C@@H](Cc1ccc(OCc2ccccc2)cc1)NC(=O)c1ccccc1-c1cnco1. The smallest absolute Gasteiger partial charge is 0.328 e. The number of oxazole rings is 1. The maximum absolute atomic E-state index is 13.1. The van der Waals surface area contributed by atoms with Crippen LogP contribution in [0.25, 0.3) is 11.3 Å². The highest BCUT2D eigenvalue weighted by Crippen LogP contribution is 2.23. The Morgan fingerprint density at radius 3 is 2.38 bits per heavy atom. The lowest BCUT2D eigenvalue weighted by Gasteiger charge is -2.18. The molecule has 1 amide bonds. The zero-order valence-corrected chi connectivity index (χ0v) is 18.6. The van der Waals surface area contributed by atoms with Crippen molar-refractivity contribution in [2.45, 2.75) is 19.1 Å². The number of esters is 1. The molecule has 7 heteroatoms. The fourth-order valence-corrected chi connectivity index (χ4v) is 3.51. The third-order valence-corrected chi connectivity index (χ3v) is 5.27. The molecule has 0 fully saturated rings. The van der Waals surface area contributed by atoms with E-state index >= 15 is 0 Å². The molecule has 0 bridgehead atoms. The van der Waals surface area contributed by atoms with Gasteiger partial charge in [-0.15, -0.1) is 0 Å². The molecule has 7 nitrogen and oxygen atoms in total. The molecule has 172 valence electrons. The summed E-state index contributed by atoms with van der Waals surface area (Å²) in [6, 6.07) is 23.4. The van der Waals surface area contributed by atoms with E-state index in [1.54, 1.807) is 24.3 Å². The van der Waals surface area contributed by atoms with Crippen LogP contribution in [-0.4, -0.2) is 30.0 Å². The zero-order chi connectivity index (χ0) is 23.8. The van der Waals surface area contributed by atoms with E-state index in [0.717, 1.165) is 11.1 Å². The second-order valence-corrected chi connectivity index (χ2v) is 7.58. The quantitative estimate of drug-likeness (QED) is 0.375. The molecule has 0 saturated carbocycles. The maximum atomic E-state index is 13.1. The van der Waals surface area contributed by atoms with Gasteiger partial charge in [0.25, 0.3) is 5.91 Å². The van der Waals surface area contributed by atoms with Crippen LogP contribution in [0.5, 0.6) is 5.75 Å². The van der Waals surface area contributed by atoms with Gasteiger partial charge in [-0.1, -0.05) is 60.7 Å². The van der Waals surface area contributed by atoms with E-state index in [2.05, 4.69) is 10.3 Å². The molecule has 0 aliphatic rings. The molecule has 0 unspecified atom stereocenters. The van der Waals surface area contributed by atoms with Crippen LogP contribution in [0.3, 0.4) is 0 Å². The first-order chi connectivity index (χ1) is 16.6. The summed E-state index contributed by atoms with van der Waals surface area (Å²) in [6.07, 6.45) is 3.10. The molecule has 1 N–H and O–H groups in total. The van der Waals surface area contributed by atoms with E-state index in [0.29, 0.717) is 29.2 Å². The van der Waals surface area contributed by atoms with E-state index in [-0.39, 0.29) is 6.42 Å². The number of nitrogens with zero attached hydrogens (tertiary/aromatic N) is 1. The minimum absolute atomic E-state index is 0.266. The largest absolute Gasteiger partial charge is 0.489 e. The number of rotatable bonds is 9. The zero-order valence-electron chi connectivity index (χ0n) is 18.6. The lowest BCUT2D eigenvalue weighted by molar-refractivity contribution is -0.142. The summed E-state index contributed by atoms with van der Waals surface area (Å²) in [7, 11) is 1.30. The third-order valence-electron chi connectivity index (χ3n) is 5.27. The average Bonchev–Trinajstić information content (AvgIpc) is 3.43. The van der Waals surface area contributed by atoms with Gasteiger partial charge in [0.05, 0.1) is 18.9 Å². The molecule has 3 aromatic carbocycles. The number of benzene rings is 3. The number of carbonyl (C=O) groups is 2. The van der Waals surface area contributed by atoms with Crippen molar-refractivity contribution in [3.05, 3.63) is 108 Å². The number of methoxy groups -OCH3 is 1. The number of carbonyl (C=O) groups excluding carboxylic acids is 2. The monoisotopic (exact) mass is 456 g/mol. The fraction of sp³-hybridized carbons (Fsp3) is 0.148. The first-order valence-electron chi connectivity index (χ1n) is 10.8. The Hall–Kier alpha value is -4.39. The number of hydrogen-bond donors (Lipinski definition) is 1. The van der Waals surface area contributed by atoms with Crippen molar-refractivity contribution in [1.82, 2.24) is 10.3 Å². The molecule has 0 aliphatic carbocycles. The van der Waals surface area contributed by atoms with Crippen LogP contribution in [0.4, 0.5) is 0 Å². The van der Waals surface area contributed by atoms with Gasteiger partial charge < -0.3 is 19.2 Å². The summed E-state index contributed by atoms with van der Waals surface area (Å²) in [5.41, 5.74) is 2.88. The lowest BCUT2D eigenvalue weighted by Crippen LogP contribution is -2.43. The van der Waals surface area contributed by atoms with Crippen molar-refractivity contribution in [1.29, 1.82) is 0 Å². The Labute approximate surface area is 197 Å². The van der Waals surface area contributed by atoms with Gasteiger partial charge in [-0.25, -0.2) is 9.78 Å². The molecule has 1 aromatic heterocycles. The minimum Gasteiger partial charge on any atom is -0.489 e. The molecule has 4 aromatic rings. The number of nitrogens with one attached hydrogen (secondary N) is 1. The first-order valence-corrected chi connectivity index (χ1v) is 10.8. The number of aromatic nitrogens is 1. The summed E-state index contributed by atoms with van der Waals surface area (Å²) in [5, 5.41) is 2.79. The van der Waals surface area contributed by atoms with E-state index in [4.69, 9.17) is 13.9 Å². The molecule has 4 rings (SSSR count). The molecular formula is C27H24N2O5. The minimum atomic E-state index is -0.864. The predicted octanol–water partition coefficient (Wildman–Crippen LogP) is 4.43. The highest BCUT2D eigenvalue weighted by molar-refractivity contribution is 6.02. The summed E-state index contributed by atoms with van der Waals surface area (Å²) in [4.78, 5) is 29.4. The molecule has 1 heterocycles. The Morgan fingerprint density at radius 2 is 1.68 bits per heavy atom. The van der Waals surface area contributed by atoms with Crippen LogP contribution in [0.1, 0.15) is 21.5 Å². The van der Waals surface area contributed by atoms with Gasteiger partial charge in [0, 0.05) is 12.0 Å². The molecular weight excluding hydrogens is 432 g/mol. The second-order valence-electron chi connectivity index (χ2n) is 7.58. The molecule has 34 heavy (non-hydrogen) atoms. The number of ether oxygens (including phenoxy) is 2. The third kappa shape index (κ3) is 5.69. The van der Waals surface area contributed by atoms with Gasteiger partial charge in [0.1, 0.15) is 18.4 Å². The first kappa shape index (κ1) is 22.8. The van der Waals surface area contributed by atoms with Gasteiger partial charge in [-0.05, 0) is 29.3 Å². The molecule has 0 aliphatic heterocycles. The standard InChI is InChI=1S/C27H24N2O5/c1-32-27(31)24(29-26(30)23-10-6-5-9-22(23)25-16-28-18-34-25)15-19-11-13-21(14-12-19)33-17-20-7-3-2-4-8-20/h2-14,16,18,24H,15,17H2,1H3,(H,29,30)/t24-/m1/s1. The second kappa shape index (κ2) is 11.0. The van der Waals surface area contributed by atoms with Crippen molar-refractivity contribution in [2.75, 3.05) is 7.11 Å². The van der Waals surface area contributed by atoms with E-state index < -0.39 is 17.9 Å². The molecule has 0 saturated heterocycles. The Kier molecular flexibility index (Phi) is 7.35. The summed E-state index contributed by atoms with van der Waals surface area (Å²) in [6.45, 7) is 0.464. The Bertz CT molecular complexity index is 1220. The van der Waals surface area contributed by atoms with Crippen LogP contribution in [0.2, 0.25) is 0 Å². The van der Waals surface area contributed by atoms with Crippen LogP contribution < -0.4 is 10.1 Å². The van der Waals surface area contributed by atoms with Crippen LogP contribution >= 0.6 is 0 Å². The highest BCUT2D eigenvalue weighted by atomic mass is 16.5. The van der Waals surface area contributed by atoms with E-state index in [9.17, 15) is 9.59 Å². The number of amides is 1. The molecule has 0 radical (unpaired) electrons. The van der Waals surface area contributed by atoms with Gasteiger partial charge in [0.15, 0.2) is 12.2 Å². The van der Waals surface area contributed by atoms with Crippen molar-refractivity contribution >= 4 is 11.9 Å². The van der Waals surface area contributed by atoms with Gasteiger partial charge >= 0.3 is 5.97 Å². The average molecular weight is 456 g/mol. The van der Waals surface area contributed by atoms with Gasteiger partial charge in [0.2, 0.25) is 0 Å². The normalized spacial score (nSPS) is 11.4. The Balaban J connectivity index is 1.44. The van der Waals surface area contributed by atoms with Gasteiger partial charge in [-0.3, -0.25) is 4.79 Å². The summed E-state index contributed by atoms with van der Waals surface area (Å²) >= 11 is 0. The predicted molar refractivity (Wildman–Crippen MR) is 126 cm³/mol. The van der Waals surface area contributed by atoms with Crippen molar-refractivity contribution in [3.63, 3.8) is 0 Å². The molecule has 0 spiro atoms. The van der Waals surface area contributed by atoms with Crippen LogP contribution in [0, 0.1) is 0 Å². The van der Waals surface area contributed by atoms with Crippen LogP contribution in [0.15, 0.2) is 95.9 Å². The lowest BCUT2D eigenvalue weighted by atomic mass is 10.0.